The van der Waals surface area contributed by atoms with Crippen molar-refractivity contribution in [2.45, 2.75) is 65.8 Å². The molecule has 102 valence electrons. The van der Waals surface area contributed by atoms with Gasteiger partial charge in [-0.2, -0.15) is 0 Å². The van der Waals surface area contributed by atoms with E-state index in [1.807, 2.05) is 0 Å². The number of aliphatic hydroxyl groups is 1. The Labute approximate surface area is 105 Å². The molecule has 0 radical (unpaired) electrons. The Morgan fingerprint density at radius 3 is 2.59 bits per heavy atom. The van der Waals surface area contributed by atoms with Crippen LogP contribution in [0.15, 0.2) is 0 Å². The van der Waals surface area contributed by atoms with Gasteiger partial charge in [0.1, 0.15) is 0 Å². The van der Waals surface area contributed by atoms with Gasteiger partial charge in [0.25, 0.3) is 0 Å². The van der Waals surface area contributed by atoms with Gasteiger partial charge in [0.05, 0.1) is 19.3 Å². The second-order valence-corrected chi connectivity index (χ2v) is 5.87. The zero-order valence-corrected chi connectivity index (χ0v) is 11.7. The fourth-order valence-electron chi connectivity index (χ4n) is 2.56. The lowest BCUT2D eigenvalue weighted by Gasteiger charge is -2.41. The Hall–Kier alpha value is -0.120. The molecule has 1 N–H and O–H groups in total. The SMILES string of the molecule is CC(O)OCCOC1CCCC(C)(C(C)C)C1. The van der Waals surface area contributed by atoms with Crippen LogP contribution in [0.4, 0.5) is 0 Å². The first-order valence-electron chi connectivity index (χ1n) is 6.85. The van der Waals surface area contributed by atoms with E-state index in [0.717, 1.165) is 12.8 Å². The number of hydrogen-bond acceptors (Lipinski definition) is 3. The third-order valence-corrected chi connectivity index (χ3v) is 4.16. The van der Waals surface area contributed by atoms with Crippen LogP contribution in [0, 0.1) is 11.3 Å². The molecule has 1 aliphatic carbocycles. The van der Waals surface area contributed by atoms with Crippen molar-refractivity contribution < 1.29 is 14.6 Å². The van der Waals surface area contributed by atoms with Gasteiger partial charge in [-0.05, 0) is 37.5 Å². The maximum Gasteiger partial charge on any atom is 0.151 e. The second kappa shape index (κ2) is 6.72. The van der Waals surface area contributed by atoms with Gasteiger partial charge < -0.3 is 14.6 Å². The largest absolute Gasteiger partial charge is 0.376 e. The number of hydrogen-bond donors (Lipinski definition) is 1. The molecule has 0 bridgehead atoms. The van der Waals surface area contributed by atoms with E-state index < -0.39 is 6.29 Å². The highest BCUT2D eigenvalue weighted by Crippen LogP contribution is 2.42. The van der Waals surface area contributed by atoms with E-state index in [4.69, 9.17) is 14.6 Å². The molecule has 17 heavy (non-hydrogen) atoms. The fraction of sp³-hybridized carbons (Fsp3) is 1.00. The third-order valence-electron chi connectivity index (χ3n) is 4.16. The van der Waals surface area contributed by atoms with Gasteiger partial charge in [0.15, 0.2) is 6.29 Å². The molecule has 0 aromatic rings. The van der Waals surface area contributed by atoms with Crippen molar-refractivity contribution in [2.75, 3.05) is 13.2 Å². The van der Waals surface area contributed by atoms with Gasteiger partial charge in [-0.15, -0.1) is 0 Å². The second-order valence-electron chi connectivity index (χ2n) is 5.87. The number of rotatable bonds is 6. The van der Waals surface area contributed by atoms with Crippen molar-refractivity contribution in [3.05, 3.63) is 0 Å². The maximum absolute atomic E-state index is 8.97. The summed E-state index contributed by atoms with van der Waals surface area (Å²) in [6, 6.07) is 0. The fourth-order valence-corrected chi connectivity index (χ4v) is 2.56. The van der Waals surface area contributed by atoms with Gasteiger partial charge in [0.2, 0.25) is 0 Å². The molecule has 1 saturated carbocycles. The smallest absolute Gasteiger partial charge is 0.151 e. The molecule has 1 fully saturated rings. The van der Waals surface area contributed by atoms with E-state index in [-0.39, 0.29) is 0 Å². The predicted molar refractivity (Wildman–Crippen MR) is 68.8 cm³/mol. The van der Waals surface area contributed by atoms with E-state index in [1.54, 1.807) is 6.92 Å². The van der Waals surface area contributed by atoms with E-state index in [0.29, 0.717) is 30.7 Å². The summed E-state index contributed by atoms with van der Waals surface area (Å²) < 4.78 is 10.9. The van der Waals surface area contributed by atoms with Gasteiger partial charge in [-0.25, -0.2) is 0 Å². The zero-order chi connectivity index (χ0) is 12.9. The molecule has 3 atom stereocenters. The zero-order valence-electron chi connectivity index (χ0n) is 11.7. The number of ether oxygens (including phenoxy) is 2. The summed E-state index contributed by atoms with van der Waals surface area (Å²) in [5.41, 5.74) is 0.425. The molecule has 0 amide bonds. The summed E-state index contributed by atoms with van der Waals surface area (Å²) >= 11 is 0. The van der Waals surface area contributed by atoms with E-state index in [1.165, 1.54) is 12.8 Å². The monoisotopic (exact) mass is 244 g/mol. The minimum atomic E-state index is -0.689. The van der Waals surface area contributed by atoms with Crippen LogP contribution in [-0.4, -0.2) is 30.7 Å². The molecule has 3 nitrogen and oxygen atoms in total. The lowest BCUT2D eigenvalue weighted by molar-refractivity contribution is -0.113. The van der Waals surface area contributed by atoms with E-state index in [9.17, 15) is 0 Å². The predicted octanol–water partition coefficient (Wildman–Crippen LogP) is 2.96. The Morgan fingerprint density at radius 1 is 1.29 bits per heavy atom. The van der Waals surface area contributed by atoms with Crippen molar-refractivity contribution in [3.63, 3.8) is 0 Å². The molecule has 3 unspecified atom stereocenters. The van der Waals surface area contributed by atoms with Crippen LogP contribution in [0.5, 0.6) is 0 Å². The van der Waals surface area contributed by atoms with E-state index >= 15 is 0 Å². The van der Waals surface area contributed by atoms with Crippen LogP contribution in [0.1, 0.15) is 53.4 Å². The molecule has 1 rings (SSSR count). The first-order chi connectivity index (χ1) is 7.94. The van der Waals surface area contributed by atoms with Crippen molar-refractivity contribution in [1.82, 2.24) is 0 Å². The Balaban J connectivity index is 2.25. The average Bonchev–Trinajstić information content (AvgIpc) is 2.24. The first kappa shape index (κ1) is 14.9. The van der Waals surface area contributed by atoms with Crippen LogP contribution in [0.25, 0.3) is 0 Å². The van der Waals surface area contributed by atoms with E-state index in [2.05, 4.69) is 20.8 Å². The van der Waals surface area contributed by atoms with Crippen LogP contribution in [0.2, 0.25) is 0 Å². The lowest BCUT2D eigenvalue weighted by atomic mass is 9.67. The summed E-state index contributed by atoms with van der Waals surface area (Å²) in [5.74, 6) is 0.711. The number of aliphatic hydroxyl groups excluding tert-OH is 1. The summed E-state index contributed by atoms with van der Waals surface area (Å²) in [6.07, 6.45) is 4.57. The highest BCUT2D eigenvalue weighted by Gasteiger charge is 2.34. The summed E-state index contributed by atoms with van der Waals surface area (Å²) in [6.45, 7) is 9.67. The van der Waals surface area contributed by atoms with Crippen molar-refractivity contribution >= 4 is 0 Å². The molecule has 3 heteroatoms. The normalized spacial score (nSPS) is 31.8. The molecule has 0 aliphatic heterocycles. The topological polar surface area (TPSA) is 38.7 Å². The highest BCUT2D eigenvalue weighted by molar-refractivity contribution is 4.85. The maximum atomic E-state index is 8.97. The average molecular weight is 244 g/mol. The molecular formula is C14H28O3. The van der Waals surface area contributed by atoms with Crippen molar-refractivity contribution in [2.24, 2.45) is 11.3 Å². The summed E-state index contributed by atoms with van der Waals surface area (Å²) in [5, 5.41) is 8.97. The molecule has 0 saturated heterocycles. The molecular weight excluding hydrogens is 216 g/mol. The summed E-state index contributed by atoms with van der Waals surface area (Å²) in [7, 11) is 0. The third kappa shape index (κ3) is 4.94. The van der Waals surface area contributed by atoms with Crippen molar-refractivity contribution in [3.8, 4) is 0 Å². The molecule has 0 aromatic heterocycles. The van der Waals surface area contributed by atoms with Gasteiger partial charge in [-0.3, -0.25) is 0 Å². The van der Waals surface area contributed by atoms with Gasteiger partial charge in [-0.1, -0.05) is 27.2 Å². The van der Waals surface area contributed by atoms with Crippen molar-refractivity contribution in [1.29, 1.82) is 0 Å². The van der Waals surface area contributed by atoms with Gasteiger partial charge in [0, 0.05) is 0 Å². The highest BCUT2D eigenvalue weighted by atomic mass is 16.6. The first-order valence-corrected chi connectivity index (χ1v) is 6.85. The molecule has 0 spiro atoms. The molecule has 1 aliphatic rings. The molecule has 0 aromatic carbocycles. The van der Waals surface area contributed by atoms with Crippen LogP contribution in [0.3, 0.4) is 0 Å². The lowest BCUT2D eigenvalue weighted by Crippen LogP contribution is -2.35. The molecule has 0 heterocycles. The quantitative estimate of drug-likeness (QED) is 0.576. The minimum Gasteiger partial charge on any atom is -0.376 e. The Kier molecular flexibility index (Phi) is 5.90. The van der Waals surface area contributed by atoms with Crippen LogP contribution in [-0.2, 0) is 9.47 Å². The standard InChI is InChI=1S/C14H28O3/c1-11(2)14(4)7-5-6-13(10-14)17-9-8-16-12(3)15/h11-13,15H,5-10H2,1-4H3. The Morgan fingerprint density at radius 2 is 2.00 bits per heavy atom. The van der Waals surface area contributed by atoms with Crippen LogP contribution < -0.4 is 0 Å². The summed E-state index contributed by atoms with van der Waals surface area (Å²) in [4.78, 5) is 0. The van der Waals surface area contributed by atoms with Crippen LogP contribution >= 0.6 is 0 Å². The Bertz CT molecular complexity index is 216. The van der Waals surface area contributed by atoms with Gasteiger partial charge >= 0.3 is 0 Å². The minimum absolute atomic E-state index is 0.369.